The fourth-order valence-electron chi connectivity index (χ4n) is 0.749. The first-order chi connectivity index (χ1) is 5.36. The average molecular weight is 173 g/mol. The van der Waals surface area contributed by atoms with Crippen molar-refractivity contribution in [2.24, 2.45) is 5.92 Å². The SMILES string of the molecule is CC(C)CCNC(C)(C)C(=O)O. The fraction of sp³-hybridized carbons (Fsp3) is 0.889. The van der Waals surface area contributed by atoms with Gasteiger partial charge in [-0.05, 0) is 32.7 Å². The van der Waals surface area contributed by atoms with E-state index in [0.29, 0.717) is 5.92 Å². The number of carboxylic acids is 1. The summed E-state index contributed by atoms with van der Waals surface area (Å²) in [5.74, 6) is -0.187. The minimum absolute atomic E-state index is 0.613. The van der Waals surface area contributed by atoms with Crippen LogP contribution in [0.3, 0.4) is 0 Å². The minimum Gasteiger partial charge on any atom is -0.480 e. The first kappa shape index (κ1) is 11.4. The summed E-state index contributed by atoms with van der Waals surface area (Å²) in [6, 6.07) is 0. The van der Waals surface area contributed by atoms with Gasteiger partial charge in [0.15, 0.2) is 0 Å². The van der Waals surface area contributed by atoms with Crippen LogP contribution in [0.25, 0.3) is 0 Å². The molecule has 0 heterocycles. The molecule has 0 spiro atoms. The van der Waals surface area contributed by atoms with E-state index in [1.807, 2.05) is 0 Å². The quantitative estimate of drug-likeness (QED) is 0.662. The zero-order chi connectivity index (χ0) is 9.78. The Morgan fingerprint density at radius 2 is 2.00 bits per heavy atom. The van der Waals surface area contributed by atoms with E-state index in [4.69, 9.17) is 5.11 Å². The number of nitrogens with one attached hydrogen (secondary N) is 1. The standard InChI is InChI=1S/C9H19NO2/c1-7(2)5-6-10-9(3,4)8(11)12/h7,10H,5-6H2,1-4H3,(H,11,12). The van der Waals surface area contributed by atoms with Crippen molar-refractivity contribution in [3.8, 4) is 0 Å². The summed E-state index contributed by atoms with van der Waals surface area (Å²) in [6.45, 7) is 8.35. The highest BCUT2D eigenvalue weighted by molar-refractivity contribution is 5.77. The van der Waals surface area contributed by atoms with Gasteiger partial charge in [0, 0.05) is 0 Å². The molecule has 3 nitrogen and oxygen atoms in total. The molecule has 0 aliphatic heterocycles. The van der Waals surface area contributed by atoms with Crippen LogP contribution in [0.2, 0.25) is 0 Å². The summed E-state index contributed by atoms with van der Waals surface area (Å²) >= 11 is 0. The van der Waals surface area contributed by atoms with Gasteiger partial charge in [-0.1, -0.05) is 13.8 Å². The summed E-state index contributed by atoms with van der Waals surface area (Å²) < 4.78 is 0. The molecular weight excluding hydrogens is 154 g/mol. The predicted octanol–water partition coefficient (Wildman–Crippen LogP) is 1.49. The minimum atomic E-state index is -0.800. The second-order valence-electron chi connectivity index (χ2n) is 4.04. The molecule has 0 radical (unpaired) electrons. The monoisotopic (exact) mass is 173 g/mol. The van der Waals surface area contributed by atoms with Gasteiger partial charge < -0.3 is 10.4 Å². The second kappa shape index (κ2) is 4.45. The van der Waals surface area contributed by atoms with E-state index in [0.717, 1.165) is 13.0 Å². The van der Waals surface area contributed by atoms with E-state index in [1.54, 1.807) is 13.8 Å². The Morgan fingerprint density at radius 1 is 1.50 bits per heavy atom. The van der Waals surface area contributed by atoms with Gasteiger partial charge in [0.1, 0.15) is 5.54 Å². The van der Waals surface area contributed by atoms with E-state index < -0.39 is 11.5 Å². The van der Waals surface area contributed by atoms with E-state index in [2.05, 4.69) is 19.2 Å². The molecule has 3 heteroatoms. The van der Waals surface area contributed by atoms with Crippen LogP contribution in [0.15, 0.2) is 0 Å². The molecule has 0 aliphatic carbocycles. The Kier molecular flexibility index (Phi) is 4.24. The molecule has 0 aromatic heterocycles. The van der Waals surface area contributed by atoms with Crippen molar-refractivity contribution < 1.29 is 9.90 Å². The lowest BCUT2D eigenvalue weighted by atomic mass is 10.0. The highest BCUT2D eigenvalue weighted by Gasteiger charge is 2.25. The molecule has 0 rings (SSSR count). The molecule has 12 heavy (non-hydrogen) atoms. The zero-order valence-electron chi connectivity index (χ0n) is 8.35. The summed E-state index contributed by atoms with van der Waals surface area (Å²) in [6.07, 6.45) is 1.01. The molecule has 0 fully saturated rings. The maximum absolute atomic E-state index is 10.6. The smallest absolute Gasteiger partial charge is 0.323 e. The van der Waals surface area contributed by atoms with Crippen molar-refractivity contribution >= 4 is 5.97 Å². The molecule has 0 aliphatic rings. The lowest BCUT2D eigenvalue weighted by Crippen LogP contribution is -2.47. The summed E-state index contributed by atoms with van der Waals surface area (Å²) in [5, 5.41) is 11.7. The lowest BCUT2D eigenvalue weighted by Gasteiger charge is -2.21. The first-order valence-corrected chi connectivity index (χ1v) is 4.34. The summed E-state index contributed by atoms with van der Waals surface area (Å²) in [5.41, 5.74) is -0.797. The van der Waals surface area contributed by atoms with Gasteiger partial charge in [-0.3, -0.25) is 4.79 Å². The normalized spacial score (nSPS) is 12.1. The number of hydrogen-bond acceptors (Lipinski definition) is 2. The Bertz CT molecular complexity index is 153. The molecule has 0 saturated heterocycles. The van der Waals surface area contributed by atoms with Crippen LogP contribution < -0.4 is 5.32 Å². The molecule has 0 unspecified atom stereocenters. The lowest BCUT2D eigenvalue weighted by molar-refractivity contribution is -0.143. The van der Waals surface area contributed by atoms with Crippen LogP contribution in [-0.2, 0) is 4.79 Å². The van der Waals surface area contributed by atoms with E-state index in [1.165, 1.54) is 0 Å². The Hall–Kier alpha value is -0.570. The van der Waals surface area contributed by atoms with Crippen LogP contribution in [-0.4, -0.2) is 23.2 Å². The van der Waals surface area contributed by atoms with Gasteiger partial charge in [0.25, 0.3) is 0 Å². The molecule has 0 bridgehead atoms. The molecule has 72 valence electrons. The third-order valence-electron chi connectivity index (χ3n) is 1.82. The van der Waals surface area contributed by atoms with Crippen LogP contribution in [0.1, 0.15) is 34.1 Å². The van der Waals surface area contributed by atoms with Crippen molar-refractivity contribution in [3.63, 3.8) is 0 Å². The summed E-state index contributed by atoms with van der Waals surface area (Å²) in [7, 11) is 0. The maximum atomic E-state index is 10.6. The highest BCUT2D eigenvalue weighted by Crippen LogP contribution is 2.03. The van der Waals surface area contributed by atoms with E-state index >= 15 is 0 Å². The molecule has 0 aromatic carbocycles. The van der Waals surface area contributed by atoms with Crippen LogP contribution in [0.5, 0.6) is 0 Å². The van der Waals surface area contributed by atoms with Crippen LogP contribution in [0, 0.1) is 5.92 Å². The third-order valence-corrected chi connectivity index (χ3v) is 1.82. The Balaban J connectivity index is 3.69. The molecular formula is C9H19NO2. The maximum Gasteiger partial charge on any atom is 0.323 e. The van der Waals surface area contributed by atoms with Gasteiger partial charge in [-0.15, -0.1) is 0 Å². The topological polar surface area (TPSA) is 49.3 Å². The molecule has 2 N–H and O–H groups in total. The van der Waals surface area contributed by atoms with E-state index in [9.17, 15) is 4.79 Å². The second-order valence-corrected chi connectivity index (χ2v) is 4.04. The largest absolute Gasteiger partial charge is 0.480 e. The fourth-order valence-corrected chi connectivity index (χ4v) is 0.749. The zero-order valence-corrected chi connectivity index (χ0v) is 8.35. The van der Waals surface area contributed by atoms with Crippen molar-refractivity contribution in [2.75, 3.05) is 6.54 Å². The number of carbonyl (C=O) groups is 1. The predicted molar refractivity (Wildman–Crippen MR) is 49.2 cm³/mol. The number of rotatable bonds is 5. The number of aliphatic carboxylic acids is 1. The van der Waals surface area contributed by atoms with Gasteiger partial charge in [-0.2, -0.15) is 0 Å². The van der Waals surface area contributed by atoms with Gasteiger partial charge in [0.2, 0.25) is 0 Å². The van der Waals surface area contributed by atoms with Gasteiger partial charge in [-0.25, -0.2) is 0 Å². The van der Waals surface area contributed by atoms with Crippen molar-refractivity contribution in [2.45, 2.75) is 39.7 Å². The first-order valence-electron chi connectivity index (χ1n) is 4.34. The number of carboxylic acid groups (broad SMARTS) is 1. The Labute approximate surface area is 74.2 Å². The molecule has 0 atom stereocenters. The van der Waals surface area contributed by atoms with Crippen molar-refractivity contribution in [1.29, 1.82) is 0 Å². The number of hydrogen-bond donors (Lipinski definition) is 2. The van der Waals surface area contributed by atoms with Crippen LogP contribution >= 0.6 is 0 Å². The average Bonchev–Trinajstić information content (AvgIpc) is 1.85. The van der Waals surface area contributed by atoms with Gasteiger partial charge in [0.05, 0.1) is 0 Å². The molecule has 0 aromatic rings. The van der Waals surface area contributed by atoms with Gasteiger partial charge >= 0.3 is 5.97 Å². The molecule has 0 amide bonds. The Morgan fingerprint density at radius 3 is 2.33 bits per heavy atom. The van der Waals surface area contributed by atoms with Crippen molar-refractivity contribution in [3.05, 3.63) is 0 Å². The third kappa shape index (κ3) is 4.34. The summed E-state index contributed by atoms with van der Waals surface area (Å²) in [4.78, 5) is 10.6. The molecule has 0 saturated carbocycles. The van der Waals surface area contributed by atoms with Crippen LogP contribution in [0.4, 0.5) is 0 Å². The van der Waals surface area contributed by atoms with E-state index in [-0.39, 0.29) is 0 Å². The highest BCUT2D eigenvalue weighted by atomic mass is 16.4. The van der Waals surface area contributed by atoms with Crippen molar-refractivity contribution in [1.82, 2.24) is 5.32 Å².